The average molecular weight is 862 g/mol. The molecule has 3 fully saturated rings. The number of alkyl carbamates (subject to hydrolysis) is 1. The fourth-order valence-electron chi connectivity index (χ4n) is 7.77. The SMILES string of the molecule is CC[C@@H]1O[C@H](C)CC/C=C\C2C[C@@]2(C(=O)NS(=O)(=O)C2(C)CC2)NC(=O)[C@@H]2C[C@@H](Oc3nccc4c5c(ccc34)OCCO5)CN2C(=O)[C@H]1NC(=O)OC(C)(C)C(C)(F)F. The fraction of sp³-hybridized carbons (Fsp3) is 0.634. The predicted molar refractivity (Wildman–Crippen MR) is 212 cm³/mol. The summed E-state index contributed by atoms with van der Waals surface area (Å²) in [5.41, 5.74) is -3.91. The minimum Gasteiger partial charge on any atom is -0.486 e. The van der Waals surface area contributed by atoms with E-state index in [0.29, 0.717) is 68.1 Å². The summed E-state index contributed by atoms with van der Waals surface area (Å²) in [5.74, 6) is -5.23. The molecule has 3 aliphatic heterocycles. The molecule has 2 saturated carbocycles. The molecule has 19 heteroatoms. The first kappa shape index (κ1) is 43.3. The number of pyridine rings is 1. The van der Waals surface area contributed by atoms with E-state index in [4.69, 9.17) is 23.7 Å². The molecule has 1 saturated heterocycles. The highest BCUT2D eigenvalue weighted by molar-refractivity contribution is 7.91. The number of amides is 4. The summed E-state index contributed by atoms with van der Waals surface area (Å²) in [6.45, 7) is 8.26. The monoisotopic (exact) mass is 861 g/mol. The lowest BCUT2D eigenvalue weighted by Gasteiger charge is -2.35. The van der Waals surface area contributed by atoms with E-state index in [1.54, 1.807) is 45.0 Å². The normalized spacial score (nSPS) is 29.8. The second-order valence-corrected chi connectivity index (χ2v) is 19.4. The smallest absolute Gasteiger partial charge is 0.408 e. The minimum absolute atomic E-state index is 0.0990. The van der Waals surface area contributed by atoms with Gasteiger partial charge in [0.1, 0.15) is 36.9 Å². The van der Waals surface area contributed by atoms with Crippen molar-refractivity contribution >= 4 is 44.6 Å². The van der Waals surface area contributed by atoms with Gasteiger partial charge in [0.05, 0.1) is 23.5 Å². The van der Waals surface area contributed by atoms with E-state index in [9.17, 15) is 36.4 Å². The van der Waals surface area contributed by atoms with E-state index < -0.39 is 92.0 Å². The van der Waals surface area contributed by atoms with Crippen molar-refractivity contribution in [2.75, 3.05) is 19.8 Å². The van der Waals surface area contributed by atoms with Gasteiger partial charge < -0.3 is 39.2 Å². The number of benzene rings is 1. The highest BCUT2D eigenvalue weighted by atomic mass is 32.2. The van der Waals surface area contributed by atoms with E-state index >= 15 is 0 Å². The number of halogens is 2. The van der Waals surface area contributed by atoms with Crippen molar-refractivity contribution in [3.8, 4) is 17.4 Å². The molecule has 7 atom stereocenters. The molecule has 7 rings (SSSR count). The summed E-state index contributed by atoms with van der Waals surface area (Å²) in [7, 11) is -4.08. The van der Waals surface area contributed by atoms with Crippen LogP contribution in [0, 0.1) is 5.92 Å². The Balaban J connectivity index is 1.24. The molecule has 1 aromatic carbocycles. The van der Waals surface area contributed by atoms with E-state index in [1.165, 1.54) is 11.1 Å². The Morgan fingerprint density at radius 1 is 1.10 bits per heavy atom. The lowest BCUT2D eigenvalue weighted by molar-refractivity contribution is -0.153. The van der Waals surface area contributed by atoms with Crippen LogP contribution >= 0.6 is 0 Å². The Kier molecular flexibility index (Phi) is 11.5. The first-order valence-corrected chi connectivity index (χ1v) is 21.9. The van der Waals surface area contributed by atoms with Gasteiger partial charge in [0.15, 0.2) is 17.1 Å². The third kappa shape index (κ3) is 8.43. The van der Waals surface area contributed by atoms with Crippen LogP contribution in [-0.2, 0) is 33.9 Å². The van der Waals surface area contributed by atoms with Crippen molar-refractivity contribution in [3.05, 3.63) is 36.5 Å². The third-order valence-corrected chi connectivity index (χ3v) is 14.5. The number of ether oxygens (including phenoxy) is 5. The number of hydrogen-bond acceptors (Lipinski definition) is 12. The summed E-state index contributed by atoms with van der Waals surface area (Å²) < 4.78 is 86.1. The van der Waals surface area contributed by atoms with Crippen LogP contribution < -0.4 is 29.6 Å². The first-order valence-electron chi connectivity index (χ1n) is 20.4. The molecule has 60 heavy (non-hydrogen) atoms. The lowest BCUT2D eigenvalue weighted by Crippen LogP contribution is -2.61. The quantitative estimate of drug-likeness (QED) is 0.303. The number of nitrogens with zero attached hydrogens (tertiary/aromatic N) is 2. The molecule has 0 bridgehead atoms. The molecular weight excluding hydrogens is 809 g/mol. The van der Waals surface area contributed by atoms with Crippen molar-refractivity contribution in [2.24, 2.45) is 5.92 Å². The Bertz CT molecular complexity index is 2180. The Labute approximate surface area is 347 Å². The van der Waals surface area contributed by atoms with Crippen LogP contribution in [0.1, 0.15) is 86.5 Å². The molecule has 1 aromatic heterocycles. The van der Waals surface area contributed by atoms with Gasteiger partial charge in [-0.3, -0.25) is 19.1 Å². The molecule has 2 aliphatic carbocycles. The van der Waals surface area contributed by atoms with Crippen LogP contribution in [0.4, 0.5) is 13.6 Å². The minimum atomic E-state index is -4.08. The van der Waals surface area contributed by atoms with E-state index in [1.807, 2.05) is 6.08 Å². The topological polar surface area (TPSA) is 201 Å². The number of alkyl halides is 2. The highest BCUT2D eigenvalue weighted by Gasteiger charge is 2.63. The lowest BCUT2D eigenvalue weighted by atomic mass is 10.0. The highest BCUT2D eigenvalue weighted by Crippen LogP contribution is 2.48. The van der Waals surface area contributed by atoms with Gasteiger partial charge in [-0.2, -0.15) is 0 Å². The zero-order valence-corrected chi connectivity index (χ0v) is 35.4. The van der Waals surface area contributed by atoms with Crippen LogP contribution in [0.2, 0.25) is 0 Å². The number of fused-ring (bicyclic) bond motifs is 5. The number of carbonyl (C=O) groups is 4. The van der Waals surface area contributed by atoms with Gasteiger partial charge in [-0.05, 0) is 84.4 Å². The van der Waals surface area contributed by atoms with Gasteiger partial charge >= 0.3 is 6.09 Å². The second-order valence-electron chi connectivity index (χ2n) is 17.2. The molecule has 1 unspecified atom stereocenters. The van der Waals surface area contributed by atoms with E-state index in [0.717, 1.165) is 13.8 Å². The number of hydrogen-bond donors (Lipinski definition) is 3. The Hall–Kier alpha value is -4.78. The van der Waals surface area contributed by atoms with E-state index in [2.05, 4.69) is 20.3 Å². The summed E-state index contributed by atoms with van der Waals surface area (Å²) in [6.07, 6.45) is 3.29. The van der Waals surface area contributed by atoms with Gasteiger partial charge in [-0.15, -0.1) is 0 Å². The van der Waals surface area contributed by atoms with Crippen molar-refractivity contribution in [1.29, 1.82) is 0 Å². The van der Waals surface area contributed by atoms with Gasteiger partial charge in [0.25, 0.3) is 11.8 Å². The molecule has 328 valence electrons. The maximum Gasteiger partial charge on any atom is 0.408 e. The third-order valence-electron chi connectivity index (χ3n) is 12.4. The standard InChI is InChI=1S/C41H53F2N5O11S/c1-7-29-31(45-37(52)59-38(3,4)40(6,42)43)35(50)48-22-25(58-34-27-12-13-30-32(56-19-18-55-30)26(27)14-17-44-34)20-28(48)33(49)46-41(21-24(41)11-9-8-10-23(2)57-29)36(51)47-60(53,54)39(5)15-16-39/h9,11-14,17,23-25,28-29,31H,7-8,10,15-16,18-22H2,1-6H3,(H,45,52)(H,46,49)(H,47,51)/b11-9-/t23-,24?,25-,28+,29+,31+,41-/m1/s1. The fourth-order valence-corrected chi connectivity index (χ4v) is 9.08. The van der Waals surface area contributed by atoms with Gasteiger partial charge in [-0.1, -0.05) is 19.1 Å². The first-order chi connectivity index (χ1) is 28.2. The molecule has 3 N–H and O–H groups in total. The number of carbonyl (C=O) groups excluding carboxylic acids is 4. The van der Waals surface area contributed by atoms with Gasteiger partial charge in [0.2, 0.25) is 27.7 Å². The van der Waals surface area contributed by atoms with Crippen LogP contribution in [-0.4, -0.2) is 114 Å². The van der Waals surface area contributed by atoms with Crippen LogP contribution in [0.3, 0.4) is 0 Å². The Morgan fingerprint density at radius 2 is 1.83 bits per heavy atom. The average Bonchev–Trinajstić information content (AvgIpc) is 4.07. The van der Waals surface area contributed by atoms with Crippen molar-refractivity contribution < 1.29 is 60.1 Å². The molecule has 0 spiro atoms. The molecule has 16 nitrogen and oxygen atoms in total. The number of sulfonamides is 1. The number of aromatic nitrogens is 1. The predicted octanol–water partition coefficient (Wildman–Crippen LogP) is 4.29. The largest absolute Gasteiger partial charge is 0.486 e. The van der Waals surface area contributed by atoms with Crippen molar-refractivity contribution in [1.82, 2.24) is 25.2 Å². The molecule has 0 radical (unpaired) electrons. The number of rotatable bonds is 9. The Morgan fingerprint density at radius 3 is 2.53 bits per heavy atom. The number of allylic oxidation sites excluding steroid dienone is 1. The summed E-state index contributed by atoms with van der Waals surface area (Å²) in [4.78, 5) is 62.6. The maximum atomic E-state index is 14.9. The van der Waals surface area contributed by atoms with Crippen LogP contribution in [0.5, 0.6) is 17.4 Å². The van der Waals surface area contributed by atoms with E-state index in [-0.39, 0.29) is 31.7 Å². The zero-order valence-electron chi connectivity index (χ0n) is 34.5. The van der Waals surface area contributed by atoms with Crippen LogP contribution in [0.15, 0.2) is 36.5 Å². The molecule has 2 aromatic rings. The summed E-state index contributed by atoms with van der Waals surface area (Å²) >= 11 is 0. The van der Waals surface area contributed by atoms with Crippen molar-refractivity contribution in [2.45, 2.75) is 139 Å². The van der Waals surface area contributed by atoms with Crippen molar-refractivity contribution in [3.63, 3.8) is 0 Å². The van der Waals surface area contributed by atoms with Gasteiger partial charge in [0, 0.05) is 36.2 Å². The second kappa shape index (κ2) is 15.9. The maximum absolute atomic E-state index is 14.9. The molecule has 4 amide bonds. The summed E-state index contributed by atoms with van der Waals surface area (Å²) in [5, 5.41) is 6.53. The summed E-state index contributed by atoms with van der Waals surface area (Å²) in [6, 6.07) is 2.37. The van der Waals surface area contributed by atoms with Gasteiger partial charge in [-0.25, -0.2) is 27.0 Å². The number of nitrogens with one attached hydrogen (secondary N) is 3. The molecular formula is C41H53F2N5O11S. The van der Waals surface area contributed by atoms with Crippen LogP contribution in [0.25, 0.3) is 10.8 Å². The zero-order chi connectivity index (χ0) is 43.4. The molecule has 4 heterocycles. The molecule has 5 aliphatic rings.